The number of hydrogen-bond donors (Lipinski definition) is 1. The monoisotopic (exact) mass is 666 g/mol. The minimum atomic E-state index is -0.149. The normalized spacial score (nSPS) is 13.7. The predicted molar refractivity (Wildman–Crippen MR) is 218 cm³/mol. The summed E-state index contributed by atoms with van der Waals surface area (Å²) in [5, 5.41) is 9.82. The molecule has 0 saturated carbocycles. The van der Waals surface area contributed by atoms with Crippen molar-refractivity contribution >= 4 is 66.6 Å². The number of fused-ring (bicyclic) bond motifs is 6. The van der Waals surface area contributed by atoms with E-state index in [-0.39, 0.29) is 6.17 Å². The Morgan fingerprint density at radius 2 is 1.10 bits per heavy atom. The summed E-state index contributed by atoms with van der Waals surface area (Å²) in [6.07, 6.45) is -0.149. The molecular formula is C48H34N4. The van der Waals surface area contributed by atoms with Gasteiger partial charge >= 0.3 is 0 Å². The van der Waals surface area contributed by atoms with Gasteiger partial charge < -0.3 is 15.1 Å². The molecule has 0 spiro atoms. The second-order valence-electron chi connectivity index (χ2n) is 13.2. The molecule has 9 aromatic rings. The third-order valence-electron chi connectivity index (χ3n) is 10.2. The molecule has 0 bridgehead atoms. The Morgan fingerprint density at radius 1 is 0.481 bits per heavy atom. The van der Waals surface area contributed by atoms with Crippen molar-refractivity contribution in [1.82, 2.24) is 4.98 Å². The number of anilines is 6. The van der Waals surface area contributed by atoms with Crippen molar-refractivity contribution in [2.24, 2.45) is 0 Å². The first-order chi connectivity index (χ1) is 25.8. The molecule has 0 saturated heterocycles. The third-order valence-corrected chi connectivity index (χ3v) is 10.2. The molecule has 4 nitrogen and oxygen atoms in total. The van der Waals surface area contributed by atoms with Crippen LogP contribution in [0.3, 0.4) is 0 Å². The molecule has 0 fully saturated rings. The standard InChI is InChI=1S/C48H34N4/c1-4-16-35(17-5-1)51(36-18-6-2-7-19-36)38-30-27-34(28-31-38)46-41-32-29-33-15-10-11-22-39(33)45(41)40-23-14-24-42(47(40)50-46)48-49-43-25-12-13-26-44(43)52(48)37-20-8-3-9-21-37/h1-32,48-49H. The molecule has 10 rings (SSSR count). The van der Waals surface area contributed by atoms with E-state index in [9.17, 15) is 0 Å². The van der Waals surface area contributed by atoms with Gasteiger partial charge in [-0.3, -0.25) is 0 Å². The van der Waals surface area contributed by atoms with E-state index in [0.29, 0.717) is 0 Å². The Bertz CT molecular complexity index is 2670. The maximum absolute atomic E-state index is 5.63. The van der Waals surface area contributed by atoms with Crippen LogP contribution in [-0.4, -0.2) is 4.98 Å². The summed E-state index contributed by atoms with van der Waals surface area (Å²) in [4.78, 5) is 10.3. The van der Waals surface area contributed by atoms with Crippen LogP contribution in [0.15, 0.2) is 194 Å². The van der Waals surface area contributed by atoms with Crippen molar-refractivity contribution in [3.63, 3.8) is 0 Å². The molecule has 1 aromatic heterocycles. The Labute approximate surface area is 302 Å². The molecule has 0 aliphatic carbocycles. The molecule has 0 amide bonds. The quantitative estimate of drug-likeness (QED) is 0.179. The number of benzene rings is 8. The number of pyridine rings is 1. The van der Waals surface area contributed by atoms with E-state index < -0.39 is 0 Å². The fourth-order valence-corrected chi connectivity index (χ4v) is 7.88. The molecular weight excluding hydrogens is 633 g/mol. The topological polar surface area (TPSA) is 31.4 Å². The van der Waals surface area contributed by atoms with E-state index in [0.717, 1.165) is 67.2 Å². The lowest BCUT2D eigenvalue weighted by Crippen LogP contribution is -2.23. The second kappa shape index (κ2) is 12.4. The van der Waals surface area contributed by atoms with Gasteiger partial charge in [0.1, 0.15) is 6.17 Å². The summed E-state index contributed by atoms with van der Waals surface area (Å²) in [6, 6.07) is 69.0. The molecule has 246 valence electrons. The molecule has 4 heteroatoms. The number of nitrogens with zero attached hydrogens (tertiary/aromatic N) is 3. The van der Waals surface area contributed by atoms with Crippen molar-refractivity contribution in [3.8, 4) is 11.3 Å². The Morgan fingerprint density at radius 3 is 1.85 bits per heavy atom. The van der Waals surface area contributed by atoms with Crippen LogP contribution in [0, 0.1) is 0 Å². The van der Waals surface area contributed by atoms with E-state index in [4.69, 9.17) is 4.98 Å². The van der Waals surface area contributed by atoms with Crippen molar-refractivity contribution < 1.29 is 0 Å². The van der Waals surface area contributed by atoms with Crippen molar-refractivity contribution in [2.45, 2.75) is 6.17 Å². The fourth-order valence-electron chi connectivity index (χ4n) is 7.88. The zero-order valence-electron chi connectivity index (χ0n) is 28.4. The Hall–Kier alpha value is -6.91. The first kappa shape index (κ1) is 30.0. The van der Waals surface area contributed by atoms with Gasteiger partial charge in [-0.15, -0.1) is 0 Å². The first-order valence-corrected chi connectivity index (χ1v) is 17.8. The van der Waals surface area contributed by atoms with Crippen LogP contribution in [-0.2, 0) is 0 Å². The minimum Gasteiger partial charge on any atom is -0.359 e. The number of rotatable bonds is 6. The largest absolute Gasteiger partial charge is 0.359 e. The molecule has 0 radical (unpaired) electrons. The average molecular weight is 667 g/mol. The van der Waals surface area contributed by atoms with Crippen LogP contribution in [0.4, 0.5) is 34.1 Å². The zero-order chi connectivity index (χ0) is 34.4. The van der Waals surface area contributed by atoms with Crippen LogP contribution >= 0.6 is 0 Å². The van der Waals surface area contributed by atoms with Crippen molar-refractivity contribution in [2.75, 3.05) is 15.1 Å². The van der Waals surface area contributed by atoms with Crippen LogP contribution < -0.4 is 15.1 Å². The van der Waals surface area contributed by atoms with Crippen LogP contribution in [0.1, 0.15) is 11.7 Å². The molecule has 1 aliphatic rings. The van der Waals surface area contributed by atoms with Gasteiger partial charge in [-0.1, -0.05) is 133 Å². The van der Waals surface area contributed by atoms with Gasteiger partial charge in [0.2, 0.25) is 0 Å². The molecule has 1 N–H and O–H groups in total. The van der Waals surface area contributed by atoms with Gasteiger partial charge in [0, 0.05) is 50.0 Å². The average Bonchev–Trinajstić information content (AvgIpc) is 3.61. The summed E-state index contributed by atoms with van der Waals surface area (Å²) in [7, 11) is 0. The van der Waals surface area contributed by atoms with Gasteiger partial charge in [-0.2, -0.15) is 0 Å². The third kappa shape index (κ3) is 4.96. The molecule has 52 heavy (non-hydrogen) atoms. The first-order valence-electron chi connectivity index (χ1n) is 17.8. The Balaban J connectivity index is 1.19. The van der Waals surface area contributed by atoms with E-state index in [1.54, 1.807) is 0 Å². The van der Waals surface area contributed by atoms with Gasteiger partial charge in [0.15, 0.2) is 0 Å². The lowest BCUT2D eigenvalue weighted by Gasteiger charge is -2.28. The maximum Gasteiger partial charge on any atom is 0.132 e. The highest BCUT2D eigenvalue weighted by Crippen LogP contribution is 2.48. The summed E-state index contributed by atoms with van der Waals surface area (Å²) in [5.41, 5.74) is 10.9. The van der Waals surface area contributed by atoms with Crippen LogP contribution in [0.5, 0.6) is 0 Å². The van der Waals surface area contributed by atoms with Gasteiger partial charge in [-0.05, 0) is 71.4 Å². The summed E-state index contributed by atoms with van der Waals surface area (Å²) in [6.45, 7) is 0. The predicted octanol–water partition coefficient (Wildman–Crippen LogP) is 12.9. The molecule has 1 aliphatic heterocycles. The fraction of sp³-hybridized carbons (Fsp3) is 0.0208. The highest BCUT2D eigenvalue weighted by atomic mass is 15.3. The molecule has 1 unspecified atom stereocenters. The van der Waals surface area contributed by atoms with Crippen LogP contribution in [0.25, 0.3) is 43.7 Å². The number of nitrogens with one attached hydrogen (secondary N) is 1. The maximum atomic E-state index is 5.63. The lowest BCUT2D eigenvalue weighted by atomic mass is 9.93. The Kier molecular flexibility index (Phi) is 7.17. The van der Waals surface area contributed by atoms with Crippen molar-refractivity contribution in [3.05, 3.63) is 200 Å². The van der Waals surface area contributed by atoms with Gasteiger partial charge in [0.25, 0.3) is 0 Å². The van der Waals surface area contributed by atoms with E-state index >= 15 is 0 Å². The second-order valence-corrected chi connectivity index (χ2v) is 13.2. The smallest absolute Gasteiger partial charge is 0.132 e. The lowest BCUT2D eigenvalue weighted by molar-refractivity contribution is 0.834. The number of aromatic nitrogens is 1. The minimum absolute atomic E-state index is 0.149. The highest BCUT2D eigenvalue weighted by molar-refractivity contribution is 6.22. The molecule has 1 atom stereocenters. The summed E-state index contributed by atoms with van der Waals surface area (Å²) < 4.78 is 0. The van der Waals surface area contributed by atoms with E-state index in [2.05, 4.69) is 209 Å². The highest BCUT2D eigenvalue weighted by Gasteiger charge is 2.33. The molecule has 8 aromatic carbocycles. The molecule has 2 heterocycles. The van der Waals surface area contributed by atoms with Gasteiger partial charge in [-0.25, -0.2) is 4.98 Å². The van der Waals surface area contributed by atoms with E-state index in [1.165, 1.54) is 16.2 Å². The number of hydrogen-bond acceptors (Lipinski definition) is 4. The van der Waals surface area contributed by atoms with Gasteiger partial charge in [0.05, 0.1) is 22.6 Å². The van der Waals surface area contributed by atoms with Crippen molar-refractivity contribution in [1.29, 1.82) is 0 Å². The summed E-state index contributed by atoms with van der Waals surface area (Å²) >= 11 is 0. The summed E-state index contributed by atoms with van der Waals surface area (Å²) in [5.74, 6) is 0. The van der Waals surface area contributed by atoms with Crippen LogP contribution in [0.2, 0.25) is 0 Å². The number of para-hydroxylation sites is 6. The zero-order valence-corrected chi connectivity index (χ0v) is 28.4. The SMILES string of the molecule is c1ccc(N(c2ccccc2)c2ccc(-c3nc4c(C5Nc6ccccc6N5c5ccccc5)cccc4c4c3ccc3ccccc34)cc2)cc1. The van der Waals surface area contributed by atoms with E-state index in [1.807, 2.05) is 0 Å².